The molecule has 3 aliphatic rings. The number of aliphatic hydroxyl groups is 1. The van der Waals surface area contributed by atoms with Gasteiger partial charge < -0.3 is 14.6 Å². The highest BCUT2D eigenvalue weighted by Gasteiger charge is 2.47. The van der Waals surface area contributed by atoms with E-state index >= 15 is 0 Å². The average Bonchev–Trinajstić information content (AvgIpc) is 2.99. The fraction of sp³-hybridized carbons (Fsp3) is 1.00. The molecular formula is C14H24O3S. The lowest BCUT2D eigenvalue weighted by Gasteiger charge is -2.43. The van der Waals surface area contributed by atoms with E-state index in [1.807, 2.05) is 11.8 Å². The maximum absolute atomic E-state index is 10.7. The van der Waals surface area contributed by atoms with Crippen LogP contribution in [0.5, 0.6) is 0 Å². The van der Waals surface area contributed by atoms with E-state index in [4.69, 9.17) is 9.47 Å². The zero-order valence-corrected chi connectivity index (χ0v) is 12.0. The smallest absolute Gasteiger partial charge is 0.0915 e. The minimum Gasteiger partial charge on any atom is -0.390 e. The molecule has 0 aromatic heterocycles. The molecule has 4 atom stereocenters. The largest absolute Gasteiger partial charge is 0.390 e. The zero-order chi connectivity index (χ0) is 12.6. The van der Waals surface area contributed by atoms with Gasteiger partial charge in [0.2, 0.25) is 0 Å². The molecule has 104 valence electrons. The van der Waals surface area contributed by atoms with Crippen LogP contribution in [0.4, 0.5) is 0 Å². The Hall–Kier alpha value is 0.230. The fourth-order valence-electron chi connectivity index (χ4n) is 3.73. The van der Waals surface area contributed by atoms with E-state index in [1.165, 1.54) is 5.75 Å². The van der Waals surface area contributed by atoms with Gasteiger partial charge in [0.05, 0.1) is 17.3 Å². The van der Waals surface area contributed by atoms with Crippen LogP contribution in [0.25, 0.3) is 0 Å². The molecule has 0 radical (unpaired) electrons. The Bertz CT molecular complexity index is 285. The maximum Gasteiger partial charge on any atom is 0.0915 e. The first kappa shape index (κ1) is 13.2. The molecule has 0 amide bonds. The molecule has 1 spiro atoms. The molecular weight excluding hydrogens is 248 g/mol. The third-order valence-corrected chi connectivity index (χ3v) is 6.14. The van der Waals surface area contributed by atoms with Crippen molar-refractivity contribution in [3.8, 4) is 0 Å². The second kappa shape index (κ2) is 4.97. The first-order valence-electron chi connectivity index (χ1n) is 7.17. The highest BCUT2D eigenvalue weighted by atomic mass is 32.2. The monoisotopic (exact) mass is 272 g/mol. The number of rotatable bonds is 2. The third-order valence-electron chi connectivity index (χ3n) is 4.92. The lowest BCUT2D eigenvalue weighted by molar-refractivity contribution is -0.149. The van der Waals surface area contributed by atoms with Crippen molar-refractivity contribution in [1.82, 2.24) is 0 Å². The van der Waals surface area contributed by atoms with Gasteiger partial charge in [0.1, 0.15) is 0 Å². The highest BCUT2D eigenvalue weighted by Crippen LogP contribution is 2.44. The standard InChI is InChI=1S/C14H24O3S/c1-13(4-2-6-16-13)12(15)11-3-7-17-14(9-11)5-8-18-10-14/h11-12,15H,2-10H2,1H3. The highest BCUT2D eigenvalue weighted by molar-refractivity contribution is 7.99. The molecule has 0 aliphatic carbocycles. The maximum atomic E-state index is 10.7. The molecule has 3 saturated heterocycles. The van der Waals surface area contributed by atoms with E-state index < -0.39 is 0 Å². The molecule has 0 bridgehead atoms. The predicted octanol–water partition coefficient (Wildman–Crippen LogP) is 2.22. The van der Waals surface area contributed by atoms with Crippen molar-refractivity contribution in [3.63, 3.8) is 0 Å². The number of thioether (sulfide) groups is 1. The van der Waals surface area contributed by atoms with Gasteiger partial charge in [-0.2, -0.15) is 11.8 Å². The molecule has 0 aromatic carbocycles. The van der Waals surface area contributed by atoms with Crippen LogP contribution in [-0.4, -0.2) is 47.1 Å². The van der Waals surface area contributed by atoms with Gasteiger partial charge in [-0.25, -0.2) is 0 Å². The average molecular weight is 272 g/mol. The summed E-state index contributed by atoms with van der Waals surface area (Å²) in [6.07, 6.45) is 4.89. The number of hydrogen-bond acceptors (Lipinski definition) is 4. The van der Waals surface area contributed by atoms with Crippen LogP contribution in [0, 0.1) is 5.92 Å². The summed E-state index contributed by atoms with van der Waals surface area (Å²) in [6.45, 7) is 3.69. The summed E-state index contributed by atoms with van der Waals surface area (Å²) < 4.78 is 11.8. The van der Waals surface area contributed by atoms with Gasteiger partial charge in [-0.3, -0.25) is 0 Å². The summed E-state index contributed by atoms with van der Waals surface area (Å²) in [5.74, 6) is 2.66. The van der Waals surface area contributed by atoms with Crippen LogP contribution < -0.4 is 0 Å². The Kier molecular flexibility index (Phi) is 3.65. The second-order valence-electron chi connectivity index (χ2n) is 6.30. The molecule has 3 fully saturated rings. The van der Waals surface area contributed by atoms with Crippen molar-refractivity contribution in [2.75, 3.05) is 24.7 Å². The first-order valence-corrected chi connectivity index (χ1v) is 8.33. The van der Waals surface area contributed by atoms with Crippen LogP contribution in [0.1, 0.15) is 39.0 Å². The van der Waals surface area contributed by atoms with Crippen LogP contribution in [0.15, 0.2) is 0 Å². The van der Waals surface area contributed by atoms with Crippen molar-refractivity contribution in [1.29, 1.82) is 0 Å². The Labute approximate surface area is 114 Å². The molecule has 0 aromatic rings. The second-order valence-corrected chi connectivity index (χ2v) is 7.40. The lowest BCUT2D eigenvalue weighted by Crippen LogP contribution is -2.50. The van der Waals surface area contributed by atoms with Crippen molar-refractivity contribution in [2.24, 2.45) is 5.92 Å². The quantitative estimate of drug-likeness (QED) is 0.836. The van der Waals surface area contributed by atoms with Crippen molar-refractivity contribution < 1.29 is 14.6 Å². The normalized spacial score (nSPS) is 46.7. The van der Waals surface area contributed by atoms with Gasteiger partial charge in [-0.15, -0.1) is 0 Å². The molecule has 4 unspecified atom stereocenters. The zero-order valence-electron chi connectivity index (χ0n) is 11.2. The van der Waals surface area contributed by atoms with E-state index in [2.05, 4.69) is 6.92 Å². The minimum absolute atomic E-state index is 0.0591. The van der Waals surface area contributed by atoms with Crippen molar-refractivity contribution in [2.45, 2.75) is 56.3 Å². The number of ether oxygens (including phenoxy) is 2. The van der Waals surface area contributed by atoms with Gasteiger partial charge in [0.15, 0.2) is 0 Å². The van der Waals surface area contributed by atoms with Gasteiger partial charge >= 0.3 is 0 Å². The van der Waals surface area contributed by atoms with Crippen LogP contribution in [0.3, 0.4) is 0 Å². The first-order chi connectivity index (χ1) is 8.64. The molecule has 3 rings (SSSR count). The Morgan fingerprint density at radius 3 is 2.83 bits per heavy atom. The summed E-state index contributed by atoms with van der Waals surface area (Å²) in [6, 6.07) is 0. The Morgan fingerprint density at radius 1 is 1.28 bits per heavy atom. The number of aliphatic hydroxyl groups excluding tert-OH is 1. The molecule has 4 heteroatoms. The SMILES string of the molecule is CC1(C(O)C2CCOC3(CCSC3)C2)CCCO1. The van der Waals surface area contributed by atoms with Gasteiger partial charge in [0.25, 0.3) is 0 Å². The summed E-state index contributed by atoms with van der Waals surface area (Å²) >= 11 is 1.99. The summed E-state index contributed by atoms with van der Waals surface area (Å²) in [4.78, 5) is 0. The summed E-state index contributed by atoms with van der Waals surface area (Å²) in [5, 5.41) is 10.7. The van der Waals surface area contributed by atoms with Gasteiger partial charge in [-0.05, 0) is 50.7 Å². The molecule has 3 heterocycles. The van der Waals surface area contributed by atoms with Crippen molar-refractivity contribution in [3.05, 3.63) is 0 Å². The van der Waals surface area contributed by atoms with E-state index in [-0.39, 0.29) is 17.3 Å². The van der Waals surface area contributed by atoms with Gasteiger partial charge in [-0.1, -0.05) is 0 Å². The van der Waals surface area contributed by atoms with Crippen LogP contribution in [-0.2, 0) is 9.47 Å². The van der Waals surface area contributed by atoms with Crippen LogP contribution >= 0.6 is 11.8 Å². The predicted molar refractivity (Wildman–Crippen MR) is 72.9 cm³/mol. The molecule has 1 N–H and O–H groups in total. The lowest BCUT2D eigenvalue weighted by atomic mass is 9.76. The number of hydrogen-bond donors (Lipinski definition) is 1. The van der Waals surface area contributed by atoms with Gasteiger partial charge in [0, 0.05) is 19.0 Å². The molecule has 18 heavy (non-hydrogen) atoms. The molecule has 0 saturated carbocycles. The summed E-state index contributed by atoms with van der Waals surface area (Å²) in [5.41, 5.74) is -0.252. The Balaban J connectivity index is 1.68. The van der Waals surface area contributed by atoms with E-state index in [0.717, 1.165) is 51.1 Å². The summed E-state index contributed by atoms with van der Waals surface area (Å²) in [7, 11) is 0. The minimum atomic E-state index is -0.327. The molecule has 3 nitrogen and oxygen atoms in total. The van der Waals surface area contributed by atoms with E-state index in [9.17, 15) is 5.11 Å². The van der Waals surface area contributed by atoms with Crippen LogP contribution in [0.2, 0.25) is 0 Å². The van der Waals surface area contributed by atoms with Crippen molar-refractivity contribution >= 4 is 11.8 Å². The topological polar surface area (TPSA) is 38.7 Å². The third kappa shape index (κ3) is 2.33. The molecule has 3 aliphatic heterocycles. The van der Waals surface area contributed by atoms with E-state index in [1.54, 1.807) is 0 Å². The fourth-order valence-corrected chi connectivity index (χ4v) is 5.11. The van der Waals surface area contributed by atoms with E-state index in [0.29, 0.717) is 5.92 Å². The Morgan fingerprint density at radius 2 is 2.17 bits per heavy atom.